The van der Waals surface area contributed by atoms with Crippen molar-refractivity contribution in [1.82, 2.24) is 5.32 Å². The zero-order valence-corrected chi connectivity index (χ0v) is 12.2. The van der Waals surface area contributed by atoms with Crippen molar-refractivity contribution >= 4 is 24.0 Å². The Hall–Kier alpha value is -2.61. The molecule has 0 radical (unpaired) electrons. The van der Waals surface area contributed by atoms with E-state index in [-0.39, 0.29) is 17.9 Å². The molecule has 0 saturated heterocycles. The molecule has 8 heteroatoms. The van der Waals surface area contributed by atoms with Crippen molar-refractivity contribution < 1.29 is 29.3 Å². The number of aliphatic hydroxyl groups is 1. The third-order valence-electron chi connectivity index (χ3n) is 2.80. The van der Waals surface area contributed by atoms with Gasteiger partial charge in [-0.05, 0) is 26.0 Å². The maximum Gasteiger partial charge on any atom is 0.331 e. The third kappa shape index (κ3) is 4.19. The van der Waals surface area contributed by atoms with Crippen LogP contribution >= 0.6 is 0 Å². The molecule has 0 fully saturated rings. The Labute approximate surface area is 127 Å². The second-order valence-corrected chi connectivity index (χ2v) is 4.41. The number of amides is 2. The molecule has 1 aromatic carbocycles. The highest BCUT2D eigenvalue weighted by Crippen LogP contribution is 2.26. The van der Waals surface area contributed by atoms with Gasteiger partial charge < -0.3 is 25.6 Å². The number of esters is 1. The average molecular weight is 310 g/mol. The van der Waals surface area contributed by atoms with E-state index in [0.717, 1.165) is 0 Å². The molecule has 0 bridgehead atoms. The summed E-state index contributed by atoms with van der Waals surface area (Å²) in [4.78, 5) is 34.2. The molecule has 120 valence electrons. The lowest BCUT2D eigenvalue weighted by Gasteiger charge is -2.20. The molecule has 0 heterocycles. The molecule has 2 unspecified atom stereocenters. The molecule has 0 aliphatic heterocycles. The number of phenolic OH excluding ortho intramolecular Hbond substituents is 1. The topological polar surface area (TPSA) is 125 Å². The number of hydrogen-bond acceptors (Lipinski definition) is 6. The number of benzene rings is 1. The van der Waals surface area contributed by atoms with Gasteiger partial charge in [-0.15, -0.1) is 0 Å². The fourth-order valence-corrected chi connectivity index (χ4v) is 1.73. The normalized spacial score (nSPS) is 12.9. The van der Waals surface area contributed by atoms with Crippen molar-refractivity contribution in [3.63, 3.8) is 0 Å². The largest absolute Gasteiger partial charge is 0.505 e. The van der Waals surface area contributed by atoms with E-state index in [1.54, 1.807) is 6.92 Å². The number of para-hydroxylation sites is 1. The predicted molar refractivity (Wildman–Crippen MR) is 77.4 cm³/mol. The van der Waals surface area contributed by atoms with E-state index in [0.29, 0.717) is 6.41 Å². The van der Waals surface area contributed by atoms with Gasteiger partial charge in [0.25, 0.3) is 5.91 Å². The molecule has 8 nitrogen and oxygen atoms in total. The first-order valence-electron chi connectivity index (χ1n) is 6.60. The number of carbonyl (C=O) groups is 3. The van der Waals surface area contributed by atoms with Crippen LogP contribution in [0.5, 0.6) is 5.75 Å². The van der Waals surface area contributed by atoms with Gasteiger partial charge in [-0.25, -0.2) is 4.79 Å². The van der Waals surface area contributed by atoms with Crippen LogP contribution in [0.3, 0.4) is 0 Å². The minimum Gasteiger partial charge on any atom is -0.505 e. The molecule has 1 aromatic rings. The van der Waals surface area contributed by atoms with E-state index in [2.05, 4.69) is 10.6 Å². The maximum atomic E-state index is 12.1. The van der Waals surface area contributed by atoms with Gasteiger partial charge in [-0.2, -0.15) is 0 Å². The third-order valence-corrected chi connectivity index (χ3v) is 2.80. The highest BCUT2D eigenvalue weighted by molar-refractivity contribution is 6.01. The van der Waals surface area contributed by atoms with Crippen molar-refractivity contribution in [2.45, 2.75) is 26.0 Å². The molecule has 0 aliphatic rings. The van der Waals surface area contributed by atoms with E-state index in [1.165, 1.54) is 25.1 Å². The molecule has 4 N–H and O–H groups in total. The van der Waals surface area contributed by atoms with Crippen molar-refractivity contribution in [2.24, 2.45) is 0 Å². The molecule has 0 saturated carbocycles. The number of nitrogens with one attached hydrogen (secondary N) is 2. The van der Waals surface area contributed by atoms with Crippen LogP contribution in [0.4, 0.5) is 5.69 Å². The summed E-state index contributed by atoms with van der Waals surface area (Å²) in [5.41, 5.74) is -0.103. The lowest BCUT2D eigenvalue weighted by atomic mass is 10.1. The standard InChI is InChI=1S/C14H18N2O6/c1-3-22-14(21)11(8(2)18)16-13(20)9-5-4-6-10(12(9)19)15-7-17/h4-8,11,18-19H,3H2,1-2H3,(H,15,17)(H,16,20). The average Bonchev–Trinajstić information content (AvgIpc) is 2.46. The highest BCUT2D eigenvalue weighted by atomic mass is 16.5. The molecule has 2 amide bonds. The molecule has 0 aromatic heterocycles. The molecule has 0 spiro atoms. The number of rotatable bonds is 7. The fourth-order valence-electron chi connectivity index (χ4n) is 1.73. The second-order valence-electron chi connectivity index (χ2n) is 4.41. The number of aliphatic hydroxyl groups excluding tert-OH is 1. The molecule has 2 atom stereocenters. The van der Waals surface area contributed by atoms with Gasteiger partial charge in [0.05, 0.1) is 24.0 Å². The molecular formula is C14H18N2O6. The fraction of sp³-hybridized carbons (Fsp3) is 0.357. The smallest absolute Gasteiger partial charge is 0.331 e. The van der Waals surface area contributed by atoms with E-state index in [1.807, 2.05) is 0 Å². The first-order valence-corrected chi connectivity index (χ1v) is 6.60. The zero-order valence-electron chi connectivity index (χ0n) is 12.2. The van der Waals surface area contributed by atoms with Gasteiger partial charge in [0.1, 0.15) is 0 Å². The Morgan fingerprint density at radius 1 is 1.41 bits per heavy atom. The van der Waals surface area contributed by atoms with E-state index >= 15 is 0 Å². The Bertz CT molecular complexity index is 558. The predicted octanol–water partition coefficient (Wildman–Crippen LogP) is 0.00280. The Kier molecular flexibility index (Phi) is 6.33. The Balaban J connectivity index is 2.98. The van der Waals surface area contributed by atoms with Crippen LogP contribution in [-0.4, -0.2) is 47.3 Å². The number of ether oxygens (including phenoxy) is 1. The van der Waals surface area contributed by atoms with Gasteiger partial charge in [0, 0.05) is 0 Å². The molecule has 22 heavy (non-hydrogen) atoms. The Morgan fingerprint density at radius 2 is 2.09 bits per heavy atom. The maximum absolute atomic E-state index is 12.1. The van der Waals surface area contributed by atoms with Gasteiger partial charge in [0.2, 0.25) is 6.41 Å². The first-order chi connectivity index (χ1) is 10.4. The Morgan fingerprint density at radius 3 is 2.64 bits per heavy atom. The quantitative estimate of drug-likeness (QED) is 0.319. The molecule has 1 rings (SSSR count). The van der Waals surface area contributed by atoms with Crippen LogP contribution < -0.4 is 10.6 Å². The summed E-state index contributed by atoms with van der Waals surface area (Å²) < 4.78 is 4.76. The monoisotopic (exact) mass is 310 g/mol. The zero-order chi connectivity index (χ0) is 16.7. The van der Waals surface area contributed by atoms with Gasteiger partial charge in [-0.1, -0.05) is 6.07 Å². The summed E-state index contributed by atoms with van der Waals surface area (Å²) in [6, 6.07) is 2.89. The van der Waals surface area contributed by atoms with Crippen molar-refractivity contribution in [1.29, 1.82) is 0 Å². The summed E-state index contributed by atoms with van der Waals surface area (Å²) in [6.45, 7) is 3.02. The van der Waals surface area contributed by atoms with Crippen LogP contribution in [0.25, 0.3) is 0 Å². The molecule has 0 aliphatic carbocycles. The number of anilines is 1. The second kappa shape index (κ2) is 7.99. The summed E-state index contributed by atoms with van der Waals surface area (Å²) >= 11 is 0. The van der Waals surface area contributed by atoms with E-state index in [4.69, 9.17) is 4.74 Å². The van der Waals surface area contributed by atoms with Gasteiger partial charge >= 0.3 is 5.97 Å². The van der Waals surface area contributed by atoms with Crippen LogP contribution in [0.2, 0.25) is 0 Å². The number of phenols is 1. The summed E-state index contributed by atoms with van der Waals surface area (Å²) in [5, 5.41) is 24.0. The first kappa shape index (κ1) is 17.4. The van der Waals surface area contributed by atoms with Gasteiger partial charge in [-0.3, -0.25) is 9.59 Å². The lowest BCUT2D eigenvalue weighted by molar-refractivity contribution is -0.148. The van der Waals surface area contributed by atoms with Crippen LogP contribution in [0.1, 0.15) is 24.2 Å². The van der Waals surface area contributed by atoms with Crippen molar-refractivity contribution in [2.75, 3.05) is 11.9 Å². The minimum absolute atomic E-state index is 0.0485. The SMILES string of the molecule is CCOC(=O)C(NC(=O)c1cccc(NC=O)c1O)C(C)O. The summed E-state index contributed by atoms with van der Waals surface area (Å²) in [5.74, 6) is -2.01. The van der Waals surface area contributed by atoms with Crippen LogP contribution in [0.15, 0.2) is 18.2 Å². The molecular weight excluding hydrogens is 292 g/mol. The number of hydrogen-bond donors (Lipinski definition) is 4. The van der Waals surface area contributed by atoms with Crippen molar-refractivity contribution in [3.05, 3.63) is 23.8 Å². The number of carbonyl (C=O) groups excluding carboxylic acids is 3. The van der Waals surface area contributed by atoms with E-state index in [9.17, 15) is 24.6 Å². The van der Waals surface area contributed by atoms with Gasteiger partial charge in [0.15, 0.2) is 11.8 Å². The lowest BCUT2D eigenvalue weighted by Crippen LogP contribution is -2.48. The highest BCUT2D eigenvalue weighted by Gasteiger charge is 2.28. The van der Waals surface area contributed by atoms with E-state index < -0.39 is 29.8 Å². The van der Waals surface area contributed by atoms with Crippen LogP contribution in [0, 0.1) is 0 Å². The summed E-state index contributed by atoms with van der Waals surface area (Å²) in [6.07, 6.45) is -0.824. The van der Waals surface area contributed by atoms with Crippen LogP contribution in [-0.2, 0) is 14.3 Å². The van der Waals surface area contributed by atoms with Crippen molar-refractivity contribution in [3.8, 4) is 5.75 Å². The summed E-state index contributed by atoms with van der Waals surface area (Å²) in [7, 11) is 0. The minimum atomic E-state index is -1.27. The number of aromatic hydroxyl groups is 1.